The molecule has 10 heteroatoms. The molecule has 0 unspecified atom stereocenters. The molecule has 1 spiro atoms. The van der Waals surface area contributed by atoms with Gasteiger partial charge in [-0.15, -0.1) is 0 Å². The van der Waals surface area contributed by atoms with Crippen molar-refractivity contribution in [1.82, 2.24) is 0 Å². The Morgan fingerprint density at radius 1 is 1.20 bits per heavy atom. The zero-order valence-corrected chi connectivity index (χ0v) is 23.6. The van der Waals surface area contributed by atoms with Crippen molar-refractivity contribution in [2.75, 3.05) is 5.32 Å². The van der Waals surface area contributed by atoms with Gasteiger partial charge in [0.25, 0.3) is 0 Å². The molecule has 2 heterocycles. The minimum atomic E-state index is -1.39. The summed E-state index contributed by atoms with van der Waals surface area (Å²) >= 11 is 7.63. The predicted octanol–water partition coefficient (Wildman–Crippen LogP) is 6.01. The number of carboxylic acids is 1. The van der Waals surface area contributed by atoms with Gasteiger partial charge in [0.15, 0.2) is 11.5 Å². The smallest absolute Gasteiger partial charge is 0.339 e. The second kappa shape index (κ2) is 9.26. The first-order valence-electron chi connectivity index (χ1n) is 13.3. The molecule has 2 saturated heterocycles. The zero-order valence-electron chi connectivity index (χ0n) is 22.1. The van der Waals surface area contributed by atoms with E-state index in [0.717, 1.165) is 36.3 Å². The van der Waals surface area contributed by atoms with Gasteiger partial charge in [0.05, 0.1) is 16.6 Å². The average molecular weight is 584 g/mol. The number of phenols is 2. The van der Waals surface area contributed by atoms with E-state index in [2.05, 4.69) is 18.3 Å². The maximum atomic E-state index is 14.2. The van der Waals surface area contributed by atoms with Crippen LogP contribution in [0.3, 0.4) is 0 Å². The summed E-state index contributed by atoms with van der Waals surface area (Å²) in [6.07, 6.45) is 4.89. The van der Waals surface area contributed by atoms with Gasteiger partial charge in [-0.3, -0.25) is 9.59 Å². The molecule has 1 amide bonds. The van der Waals surface area contributed by atoms with Gasteiger partial charge >= 0.3 is 5.97 Å². The number of allylic oxidation sites excluding steroid dienone is 2. The number of carbonyl (C=O) groups is 3. The second-order valence-electron chi connectivity index (χ2n) is 12.0. The van der Waals surface area contributed by atoms with E-state index in [-0.39, 0.29) is 47.4 Å². The first kappa shape index (κ1) is 27.2. The molecule has 4 N–H and O–H groups in total. The third kappa shape index (κ3) is 4.13. The SMILES string of the molecule is C[C@]12C[C@@]34C=C(Sc5cccc(Cl)c5)C(=O)[C@@](C)(CCC(=O)Nc5c(O)ccc(C(=O)O)c5O)[C@@H]3[C@H](C[C@@H]1C4)O2. The number of ether oxygens (including phenoxy) is 1. The number of ketones is 1. The number of rotatable bonds is 7. The van der Waals surface area contributed by atoms with E-state index in [1.807, 2.05) is 25.1 Å². The minimum absolute atomic E-state index is 0.0398. The van der Waals surface area contributed by atoms with Gasteiger partial charge in [0.2, 0.25) is 5.91 Å². The number of carbonyl (C=O) groups excluding carboxylic acids is 2. The fourth-order valence-electron chi connectivity index (χ4n) is 7.95. The largest absolute Gasteiger partial charge is 0.506 e. The van der Waals surface area contributed by atoms with Crippen LogP contribution in [0.15, 0.2) is 52.3 Å². The maximum absolute atomic E-state index is 14.2. The standard InChI is InChI=1S/C30H30ClNO7S/c1-28(9-8-22(34)32-23-19(33)7-6-18(24(23)35)27(37)38)25-20-10-15-12-30(25,14-29(15,2)39-20)13-21(26(28)36)40-17-5-3-4-16(31)11-17/h3-7,11,13,15,20,25,33,35H,8-10,12,14H2,1-2H3,(H,32,34)(H,37,38)/t15-,20+,25+,28+,29+,30-/m1/s1. The molecule has 5 aliphatic rings. The Balaban J connectivity index is 1.30. The Morgan fingerprint density at radius 2 is 1.98 bits per heavy atom. The minimum Gasteiger partial charge on any atom is -0.506 e. The molecule has 40 heavy (non-hydrogen) atoms. The van der Waals surface area contributed by atoms with Gasteiger partial charge in [-0.2, -0.15) is 0 Å². The molecule has 3 aliphatic carbocycles. The van der Waals surface area contributed by atoms with Crippen LogP contribution in [0.4, 0.5) is 5.69 Å². The summed E-state index contributed by atoms with van der Waals surface area (Å²) in [6.45, 7) is 4.10. The quantitative estimate of drug-likeness (QED) is 0.291. The van der Waals surface area contributed by atoms with Crippen molar-refractivity contribution in [2.45, 2.75) is 62.6 Å². The first-order valence-corrected chi connectivity index (χ1v) is 14.5. The number of Topliss-reactive ketones (excluding diaryl/α,β-unsaturated/α-hetero) is 1. The summed E-state index contributed by atoms with van der Waals surface area (Å²) in [5.41, 5.74) is -2.14. The number of benzene rings is 2. The van der Waals surface area contributed by atoms with Crippen LogP contribution in [0, 0.1) is 22.7 Å². The van der Waals surface area contributed by atoms with Crippen molar-refractivity contribution in [3.8, 4) is 11.5 Å². The van der Waals surface area contributed by atoms with Crippen LogP contribution >= 0.6 is 23.4 Å². The van der Waals surface area contributed by atoms with Gasteiger partial charge in [-0.05, 0) is 74.3 Å². The van der Waals surface area contributed by atoms with Crippen LogP contribution in [-0.4, -0.2) is 44.7 Å². The highest BCUT2D eigenvalue weighted by Crippen LogP contribution is 2.72. The van der Waals surface area contributed by atoms with Crippen molar-refractivity contribution in [2.24, 2.45) is 22.7 Å². The number of amides is 1. The molecular formula is C30H30ClNO7S. The van der Waals surface area contributed by atoms with Crippen molar-refractivity contribution in [3.63, 3.8) is 0 Å². The number of carboxylic acid groups (broad SMARTS) is 1. The van der Waals surface area contributed by atoms with Gasteiger partial charge in [-0.25, -0.2) is 4.79 Å². The first-order chi connectivity index (χ1) is 18.8. The molecule has 2 saturated carbocycles. The lowest BCUT2D eigenvalue weighted by Crippen LogP contribution is -2.57. The Morgan fingerprint density at radius 3 is 2.67 bits per heavy atom. The number of aromatic hydroxyl groups is 2. The summed E-state index contributed by atoms with van der Waals surface area (Å²) in [6, 6.07) is 9.55. The molecule has 4 bridgehead atoms. The highest BCUT2D eigenvalue weighted by Gasteiger charge is 2.72. The van der Waals surface area contributed by atoms with E-state index in [4.69, 9.17) is 16.3 Å². The lowest BCUT2D eigenvalue weighted by atomic mass is 9.51. The summed E-state index contributed by atoms with van der Waals surface area (Å²) in [5.74, 6) is -2.83. The van der Waals surface area contributed by atoms with E-state index in [1.54, 1.807) is 6.07 Å². The molecule has 7 rings (SSSR count). The number of phenolic OH excluding ortho intramolecular Hbond substituents is 1. The highest BCUT2D eigenvalue weighted by molar-refractivity contribution is 8.04. The van der Waals surface area contributed by atoms with E-state index < -0.39 is 34.4 Å². The Kier molecular flexibility index (Phi) is 6.29. The monoisotopic (exact) mass is 583 g/mol. The molecule has 4 fully saturated rings. The third-order valence-corrected chi connectivity index (χ3v) is 10.7. The van der Waals surface area contributed by atoms with Crippen LogP contribution in [0.1, 0.15) is 56.3 Å². The molecule has 2 aliphatic heterocycles. The normalized spacial score (nSPS) is 33.5. The number of hydrogen-bond acceptors (Lipinski definition) is 7. The van der Waals surface area contributed by atoms with Crippen LogP contribution in [0.25, 0.3) is 0 Å². The Hall–Kier alpha value is -3.01. The van der Waals surface area contributed by atoms with E-state index in [0.29, 0.717) is 15.8 Å². The highest BCUT2D eigenvalue weighted by atomic mass is 35.5. The van der Waals surface area contributed by atoms with Crippen LogP contribution in [0.5, 0.6) is 11.5 Å². The van der Waals surface area contributed by atoms with Crippen LogP contribution < -0.4 is 5.32 Å². The van der Waals surface area contributed by atoms with E-state index in [1.165, 1.54) is 11.8 Å². The van der Waals surface area contributed by atoms with Gasteiger partial charge < -0.3 is 25.4 Å². The maximum Gasteiger partial charge on any atom is 0.339 e. The van der Waals surface area contributed by atoms with Crippen molar-refractivity contribution in [3.05, 3.63) is 58.0 Å². The number of nitrogens with one attached hydrogen (secondary N) is 1. The van der Waals surface area contributed by atoms with E-state index in [9.17, 15) is 29.7 Å². The molecule has 8 nitrogen and oxygen atoms in total. The molecule has 0 aromatic heterocycles. The number of aromatic carboxylic acids is 1. The van der Waals surface area contributed by atoms with Crippen molar-refractivity contribution >= 4 is 46.7 Å². The molecule has 210 valence electrons. The third-order valence-electron chi connectivity index (χ3n) is 9.49. The number of anilines is 1. The van der Waals surface area contributed by atoms with Crippen molar-refractivity contribution < 1.29 is 34.4 Å². The average Bonchev–Trinajstić information content (AvgIpc) is 3.24. The predicted molar refractivity (Wildman–Crippen MR) is 150 cm³/mol. The molecule has 6 atom stereocenters. The lowest BCUT2D eigenvalue weighted by molar-refractivity contribution is -0.169. The number of halogens is 1. The Bertz CT molecular complexity index is 1490. The zero-order chi connectivity index (χ0) is 28.6. The summed E-state index contributed by atoms with van der Waals surface area (Å²) in [7, 11) is 0. The molecule has 0 radical (unpaired) electrons. The fourth-order valence-corrected chi connectivity index (χ4v) is 9.41. The van der Waals surface area contributed by atoms with Gasteiger partial charge in [0, 0.05) is 27.7 Å². The summed E-state index contributed by atoms with van der Waals surface area (Å²) < 4.78 is 6.56. The van der Waals surface area contributed by atoms with Gasteiger partial charge in [-0.1, -0.05) is 42.4 Å². The number of hydrogen-bond donors (Lipinski definition) is 4. The van der Waals surface area contributed by atoms with Gasteiger partial charge in [0.1, 0.15) is 17.0 Å². The summed E-state index contributed by atoms with van der Waals surface area (Å²) in [4.78, 5) is 40.3. The van der Waals surface area contributed by atoms with Crippen molar-refractivity contribution in [1.29, 1.82) is 0 Å². The molecule has 2 aromatic carbocycles. The van der Waals surface area contributed by atoms with Crippen LogP contribution in [-0.2, 0) is 14.3 Å². The lowest BCUT2D eigenvalue weighted by Gasteiger charge is -2.56. The summed E-state index contributed by atoms with van der Waals surface area (Å²) in [5, 5.41) is 32.8. The molecular weight excluding hydrogens is 554 g/mol. The number of thioether (sulfide) groups is 1. The van der Waals surface area contributed by atoms with E-state index >= 15 is 0 Å². The second-order valence-corrected chi connectivity index (χ2v) is 13.6. The van der Waals surface area contributed by atoms with Crippen LogP contribution in [0.2, 0.25) is 5.02 Å². The Labute approximate surface area is 240 Å². The topological polar surface area (TPSA) is 133 Å². The fraction of sp³-hybridized carbons (Fsp3) is 0.433. The molecule has 2 aromatic rings.